The van der Waals surface area contributed by atoms with E-state index in [4.69, 9.17) is 21.6 Å². The van der Waals surface area contributed by atoms with Crippen LogP contribution in [0.25, 0.3) is 0 Å². The topological polar surface area (TPSA) is 120 Å². The first-order valence-electron chi connectivity index (χ1n) is 8.18. The van der Waals surface area contributed by atoms with Gasteiger partial charge in [-0.25, -0.2) is 0 Å². The molecule has 0 aliphatic carbocycles. The van der Waals surface area contributed by atoms with Gasteiger partial charge in [0, 0.05) is 11.6 Å². The highest BCUT2D eigenvalue weighted by molar-refractivity contribution is 6.35. The number of nitriles is 1. The number of halogens is 1. The van der Waals surface area contributed by atoms with Gasteiger partial charge < -0.3 is 10.1 Å². The van der Waals surface area contributed by atoms with E-state index in [1.807, 2.05) is 11.5 Å². The van der Waals surface area contributed by atoms with Crippen LogP contribution in [-0.4, -0.2) is 23.8 Å². The smallest absolute Gasteiger partial charge is 0.327 e. The minimum absolute atomic E-state index is 0.134. The molecule has 28 heavy (non-hydrogen) atoms. The maximum atomic E-state index is 12.0. The number of nitrogens with one attached hydrogen (secondary N) is 3. The first-order chi connectivity index (χ1) is 13.4. The molecule has 0 heterocycles. The highest BCUT2D eigenvalue weighted by Crippen LogP contribution is 2.13. The highest BCUT2D eigenvalue weighted by Gasteiger charge is 2.18. The number of carbonyl (C=O) groups excluding carboxylic acids is 3. The van der Waals surface area contributed by atoms with E-state index in [1.165, 1.54) is 6.92 Å². The van der Waals surface area contributed by atoms with Crippen LogP contribution >= 0.6 is 11.6 Å². The Kier molecular flexibility index (Phi) is 7.37. The third-order valence-corrected chi connectivity index (χ3v) is 3.79. The standard InChI is InChI=1S/C19H17ClN4O4/c1-12(28-16-8-4-13(10-21)5-9-16)17(25)23-24-19(27)18(26)22-11-14-2-6-15(20)7-3-14/h2-9,12H,11H2,1H3,(H,22,26)(H,23,25)(H,24,27)/t12-/m1/s1. The number of nitrogens with zero attached hydrogens (tertiary/aromatic N) is 1. The third-order valence-electron chi connectivity index (χ3n) is 3.54. The van der Waals surface area contributed by atoms with Crippen LogP contribution in [0.5, 0.6) is 5.75 Å². The van der Waals surface area contributed by atoms with E-state index in [1.54, 1.807) is 48.5 Å². The summed E-state index contributed by atoms with van der Waals surface area (Å²) in [6.45, 7) is 1.61. The zero-order chi connectivity index (χ0) is 20.5. The second-order valence-electron chi connectivity index (χ2n) is 5.65. The zero-order valence-electron chi connectivity index (χ0n) is 14.9. The van der Waals surface area contributed by atoms with Crippen molar-refractivity contribution in [1.29, 1.82) is 5.26 Å². The summed E-state index contributed by atoms with van der Waals surface area (Å²) in [5.74, 6) is -2.19. The molecule has 0 bridgehead atoms. The van der Waals surface area contributed by atoms with Crippen molar-refractivity contribution in [3.8, 4) is 11.8 Å². The van der Waals surface area contributed by atoms with E-state index in [9.17, 15) is 14.4 Å². The van der Waals surface area contributed by atoms with E-state index < -0.39 is 23.8 Å². The minimum atomic E-state index is -1.02. The summed E-state index contributed by atoms with van der Waals surface area (Å²) >= 11 is 5.77. The number of amides is 3. The molecule has 0 unspecified atom stereocenters. The second kappa shape index (κ2) is 9.94. The van der Waals surface area contributed by atoms with Gasteiger partial charge in [-0.3, -0.25) is 25.2 Å². The lowest BCUT2D eigenvalue weighted by Crippen LogP contribution is -2.51. The first-order valence-corrected chi connectivity index (χ1v) is 8.56. The molecular formula is C19H17ClN4O4. The summed E-state index contributed by atoms with van der Waals surface area (Å²) in [7, 11) is 0. The van der Waals surface area contributed by atoms with Gasteiger partial charge in [0.25, 0.3) is 5.91 Å². The molecule has 0 saturated heterocycles. The summed E-state index contributed by atoms with van der Waals surface area (Å²) in [5, 5.41) is 11.7. The highest BCUT2D eigenvalue weighted by atomic mass is 35.5. The van der Waals surface area contributed by atoms with Crippen molar-refractivity contribution in [1.82, 2.24) is 16.2 Å². The molecule has 2 aromatic rings. The van der Waals surface area contributed by atoms with Gasteiger partial charge in [0.15, 0.2) is 6.10 Å². The Bertz CT molecular complexity index is 892. The molecule has 0 spiro atoms. The summed E-state index contributed by atoms with van der Waals surface area (Å²) in [6.07, 6.45) is -0.939. The van der Waals surface area contributed by atoms with E-state index in [0.717, 1.165) is 5.56 Å². The third kappa shape index (κ3) is 6.30. The lowest BCUT2D eigenvalue weighted by atomic mass is 10.2. The zero-order valence-corrected chi connectivity index (χ0v) is 15.6. The Hall–Kier alpha value is -3.57. The Balaban J connectivity index is 1.75. The average Bonchev–Trinajstić information content (AvgIpc) is 2.71. The number of hydrazine groups is 1. The van der Waals surface area contributed by atoms with Crippen molar-refractivity contribution in [2.24, 2.45) is 0 Å². The van der Waals surface area contributed by atoms with Crippen LogP contribution in [0.4, 0.5) is 0 Å². The predicted octanol–water partition coefficient (Wildman–Crippen LogP) is 1.44. The van der Waals surface area contributed by atoms with Gasteiger partial charge in [0.1, 0.15) is 5.75 Å². The summed E-state index contributed by atoms with van der Waals surface area (Å²) in [6, 6.07) is 14.9. The molecule has 3 amide bonds. The Morgan fingerprint density at radius 3 is 2.29 bits per heavy atom. The maximum Gasteiger partial charge on any atom is 0.327 e. The molecule has 2 aromatic carbocycles. The fraction of sp³-hybridized carbons (Fsp3) is 0.158. The normalized spacial score (nSPS) is 10.9. The summed E-state index contributed by atoms with van der Waals surface area (Å²) < 4.78 is 5.40. The van der Waals surface area contributed by atoms with Gasteiger partial charge >= 0.3 is 11.8 Å². The van der Waals surface area contributed by atoms with Gasteiger partial charge in [-0.15, -0.1) is 0 Å². The molecule has 3 N–H and O–H groups in total. The van der Waals surface area contributed by atoms with Crippen molar-refractivity contribution >= 4 is 29.3 Å². The molecule has 9 heteroatoms. The van der Waals surface area contributed by atoms with Crippen LogP contribution in [0, 0.1) is 11.3 Å². The summed E-state index contributed by atoms with van der Waals surface area (Å²) in [5.41, 5.74) is 5.36. The molecule has 0 aliphatic rings. The van der Waals surface area contributed by atoms with Crippen molar-refractivity contribution in [2.75, 3.05) is 0 Å². The van der Waals surface area contributed by atoms with Crippen molar-refractivity contribution in [3.05, 3.63) is 64.7 Å². The quantitative estimate of drug-likeness (QED) is 0.518. The van der Waals surface area contributed by atoms with Crippen LogP contribution in [-0.2, 0) is 20.9 Å². The van der Waals surface area contributed by atoms with Gasteiger partial charge in [-0.1, -0.05) is 23.7 Å². The molecule has 144 valence electrons. The number of benzene rings is 2. The average molecular weight is 401 g/mol. The lowest BCUT2D eigenvalue weighted by Gasteiger charge is -2.15. The Morgan fingerprint density at radius 2 is 1.68 bits per heavy atom. The van der Waals surface area contributed by atoms with Crippen LogP contribution in [0.2, 0.25) is 5.02 Å². The molecule has 2 rings (SSSR count). The number of ether oxygens (including phenoxy) is 1. The molecule has 0 radical (unpaired) electrons. The molecule has 0 aromatic heterocycles. The SMILES string of the molecule is C[C@@H](Oc1ccc(C#N)cc1)C(=O)NNC(=O)C(=O)NCc1ccc(Cl)cc1. The van der Waals surface area contributed by atoms with Crippen molar-refractivity contribution < 1.29 is 19.1 Å². The van der Waals surface area contributed by atoms with Crippen LogP contribution < -0.4 is 20.9 Å². The molecule has 8 nitrogen and oxygen atoms in total. The number of hydrogen-bond donors (Lipinski definition) is 3. The monoisotopic (exact) mass is 400 g/mol. The number of rotatable bonds is 5. The van der Waals surface area contributed by atoms with Gasteiger partial charge in [-0.2, -0.15) is 5.26 Å². The van der Waals surface area contributed by atoms with Crippen LogP contribution in [0.3, 0.4) is 0 Å². The molecule has 1 atom stereocenters. The second-order valence-corrected chi connectivity index (χ2v) is 6.09. The molecule has 0 fully saturated rings. The fourth-order valence-corrected chi connectivity index (χ4v) is 2.13. The van der Waals surface area contributed by atoms with E-state index in [-0.39, 0.29) is 6.54 Å². The molecular weight excluding hydrogens is 384 g/mol. The van der Waals surface area contributed by atoms with Gasteiger partial charge in [0.2, 0.25) is 0 Å². The van der Waals surface area contributed by atoms with E-state index in [2.05, 4.69) is 10.7 Å². The van der Waals surface area contributed by atoms with Gasteiger partial charge in [0.05, 0.1) is 11.6 Å². The van der Waals surface area contributed by atoms with E-state index >= 15 is 0 Å². The first kappa shape index (κ1) is 20.7. The van der Waals surface area contributed by atoms with Crippen molar-refractivity contribution in [3.63, 3.8) is 0 Å². The summed E-state index contributed by atoms with van der Waals surface area (Å²) in [4.78, 5) is 35.5. The van der Waals surface area contributed by atoms with E-state index in [0.29, 0.717) is 16.3 Å². The van der Waals surface area contributed by atoms with Crippen molar-refractivity contribution in [2.45, 2.75) is 19.6 Å². The van der Waals surface area contributed by atoms with Gasteiger partial charge in [-0.05, 0) is 48.9 Å². The Labute approximate surface area is 166 Å². The maximum absolute atomic E-state index is 12.0. The lowest BCUT2D eigenvalue weighted by molar-refractivity contribution is -0.141. The van der Waals surface area contributed by atoms with Crippen LogP contribution in [0.15, 0.2) is 48.5 Å². The largest absolute Gasteiger partial charge is 0.481 e. The molecule has 0 aliphatic heterocycles. The Morgan fingerprint density at radius 1 is 1.04 bits per heavy atom. The number of carbonyl (C=O) groups is 3. The number of hydrogen-bond acceptors (Lipinski definition) is 5. The molecule has 0 saturated carbocycles. The predicted molar refractivity (Wildman–Crippen MR) is 101 cm³/mol. The fourth-order valence-electron chi connectivity index (χ4n) is 2.01. The van der Waals surface area contributed by atoms with Crippen LogP contribution in [0.1, 0.15) is 18.1 Å². The minimum Gasteiger partial charge on any atom is -0.481 e.